The molecule has 0 bridgehead atoms. The Bertz CT molecular complexity index is 1320. The number of carbonyl (C=O) groups excluding carboxylic acids is 2. The molecule has 172 valence electrons. The summed E-state index contributed by atoms with van der Waals surface area (Å²) >= 11 is 5.24. The predicted octanol–water partition coefficient (Wildman–Crippen LogP) is 6.11. The zero-order valence-corrected chi connectivity index (χ0v) is 20.0. The average Bonchev–Trinajstić information content (AvgIpc) is 3.24. The second kappa shape index (κ2) is 9.49. The maximum Gasteiger partial charge on any atom is 0.293 e. The van der Waals surface area contributed by atoms with Crippen molar-refractivity contribution in [2.45, 2.75) is 26.2 Å². The number of anilines is 2. The van der Waals surface area contributed by atoms with Crippen LogP contribution in [0.5, 0.6) is 0 Å². The largest absolute Gasteiger partial charge is 0.451 e. The Hall–Kier alpha value is -3.97. The first-order valence-electron chi connectivity index (χ1n) is 10.8. The molecule has 6 nitrogen and oxygen atoms in total. The molecule has 4 aromatic rings. The average molecular weight is 472 g/mol. The van der Waals surface area contributed by atoms with Crippen molar-refractivity contribution < 1.29 is 14.0 Å². The molecule has 3 aromatic carbocycles. The van der Waals surface area contributed by atoms with Crippen molar-refractivity contribution in [1.82, 2.24) is 5.32 Å². The van der Waals surface area contributed by atoms with E-state index in [1.807, 2.05) is 42.5 Å². The smallest absolute Gasteiger partial charge is 0.293 e. The molecule has 0 aliphatic rings. The van der Waals surface area contributed by atoms with Gasteiger partial charge in [-0.15, -0.1) is 0 Å². The molecule has 2 amide bonds. The summed E-state index contributed by atoms with van der Waals surface area (Å²) in [6.45, 7) is 6.40. The van der Waals surface area contributed by atoms with Crippen LogP contribution in [-0.4, -0.2) is 16.9 Å². The summed E-state index contributed by atoms with van der Waals surface area (Å²) < 4.78 is 5.55. The zero-order valence-electron chi connectivity index (χ0n) is 19.1. The van der Waals surface area contributed by atoms with Crippen LogP contribution in [0.2, 0.25) is 0 Å². The lowest BCUT2D eigenvalue weighted by molar-refractivity contribution is 0.0952. The molecule has 1 aromatic heterocycles. The van der Waals surface area contributed by atoms with E-state index >= 15 is 0 Å². The fourth-order valence-corrected chi connectivity index (χ4v) is 3.59. The number of fused-ring (bicyclic) bond motifs is 1. The number of furan rings is 1. The van der Waals surface area contributed by atoms with Crippen molar-refractivity contribution in [2.24, 2.45) is 0 Å². The first-order chi connectivity index (χ1) is 16.2. The summed E-state index contributed by atoms with van der Waals surface area (Å²) in [5.74, 6) is -0.441. The Labute approximate surface area is 203 Å². The highest BCUT2D eigenvalue weighted by atomic mass is 32.1. The molecule has 0 aliphatic heterocycles. The van der Waals surface area contributed by atoms with Gasteiger partial charge in [-0.25, -0.2) is 0 Å². The number of carbonyl (C=O) groups is 2. The molecule has 4 rings (SSSR count). The van der Waals surface area contributed by atoms with Crippen molar-refractivity contribution >= 4 is 51.5 Å². The van der Waals surface area contributed by atoms with E-state index in [-0.39, 0.29) is 22.2 Å². The SMILES string of the molecule is CC(C)(C)c1ccc(C(=O)Nc2ccc(NC(=S)NC(=O)c3cc4ccccc4o3)cc2)cc1. The zero-order chi connectivity index (χ0) is 24.3. The van der Waals surface area contributed by atoms with Crippen LogP contribution >= 0.6 is 12.2 Å². The van der Waals surface area contributed by atoms with Crippen molar-refractivity contribution in [3.8, 4) is 0 Å². The van der Waals surface area contributed by atoms with Crippen molar-refractivity contribution in [3.05, 3.63) is 95.7 Å². The van der Waals surface area contributed by atoms with Gasteiger partial charge >= 0.3 is 0 Å². The lowest BCUT2D eigenvalue weighted by Crippen LogP contribution is -2.33. The second-order valence-corrected chi connectivity index (χ2v) is 9.32. The van der Waals surface area contributed by atoms with Crippen molar-refractivity contribution in [2.75, 3.05) is 10.6 Å². The Balaban J connectivity index is 1.32. The Morgan fingerprint density at radius 2 is 1.41 bits per heavy atom. The maximum atomic E-state index is 12.6. The molecular formula is C27H25N3O3S. The van der Waals surface area contributed by atoms with Crippen LogP contribution in [0.4, 0.5) is 11.4 Å². The number of amides is 2. The third-order valence-corrected chi connectivity index (χ3v) is 5.49. The summed E-state index contributed by atoms with van der Waals surface area (Å²) in [5, 5.41) is 9.42. The van der Waals surface area contributed by atoms with Gasteiger partial charge in [0.2, 0.25) is 0 Å². The van der Waals surface area contributed by atoms with Crippen LogP contribution < -0.4 is 16.0 Å². The van der Waals surface area contributed by atoms with Crippen LogP contribution in [0.25, 0.3) is 11.0 Å². The normalized spacial score (nSPS) is 11.1. The molecule has 0 unspecified atom stereocenters. The summed E-state index contributed by atoms with van der Waals surface area (Å²) in [6.07, 6.45) is 0. The number of thiocarbonyl (C=S) groups is 1. The van der Waals surface area contributed by atoms with E-state index in [0.29, 0.717) is 22.5 Å². The molecule has 0 atom stereocenters. The number of para-hydroxylation sites is 1. The van der Waals surface area contributed by atoms with Gasteiger partial charge in [0.15, 0.2) is 10.9 Å². The van der Waals surface area contributed by atoms with E-state index in [9.17, 15) is 9.59 Å². The number of nitrogens with one attached hydrogen (secondary N) is 3. The van der Waals surface area contributed by atoms with Crippen LogP contribution in [0.3, 0.4) is 0 Å². The summed E-state index contributed by atoms with van der Waals surface area (Å²) in [7, 11) is 0. The highest BCUT2D eigenvalue weighted by Gasteiger charge is 2.15. The minimum atomic E-state index is -0.435. The monoisotopic (exact) mass is 471 g/mol. The number of hydrogen-bond donors (Lipinski definition) is 3. The van der Waals surface area contributed by atoms with Gasteiger partial charge in [-0.1, -0.05) is 51.1 Å². The first kappa shape index (κ1) is 23.2. The first-order valence-corrected chi connectivity index (χ1v) is 11.2. The van der Waals surface area contributed by atoms with Crippen molar-refractivity contribution in [1.29, 1.82) is 0 Å². The van der Waals surface area contributed by atoms with Gasteiger partial charge in [0.1, 0.15) is 5.58 Å². The molecule has 0 saturated heterocycles. The fourth-order valence-electron chi connectivity index (χ4n) is 3.38. The number of hydrogen-bond acceptors (Lipinski definition) is 4. The molecule has 0 fully saturated rings. The minimum Gasteiger partial charge on any atom is -0.451 e. The molecule has 0 aliphatic carbocycles. The molecule has 0 spiro atoms. The van der Waals surface area contributed by atoms with E-state index in [4.69, 9.17) is 16.6 Å². The standard InChI is InChI=1S/C27H25N3O3S/c1-27(2,3)19-10-8-17(9-11-19)24(31)28-20-12-14-21(15-13-20)29-26(34)30-25(32)23-16-18-6-4-5-7-22(18)33-23/h4-16H,1-3H3,(H,28,31)(H2,29,30,32,34). The Kier molecular flexibility index (Phi) is 6.47. The fraction of sp³-hybridized carbons (Fsp3) is 0.148. The Morgan fingerprint density at radius 3 is 2.03 bits per heavy atom. The molecule has 1 heterocycles. The topological polar surface area (TPSA) is 83.4 Å². The number of rotatable bonds is 4. The van der Waals surface area contributed by atoms with E-state index in [1.54, 1.807) is 36.4 Å². The Morgan fingerprint density at radius 1 is 0.794 bits per heavy atom. The maximum absolute atomic E-state index is 12.6. The van der Waals surface area contributed by atoms with Gasteiger partial charge < -0.3 is 15.1 Å². The lowest BCUT2D eigenvalue weighted by Gasteiger charge is -2.19. The van der Waals surface area contributed by atoms with Crippen LogP contribution in [0.15, 0.2) is 83.3 Å². The predicted molar refractivity (Wildman–Crippen MR) is 139 cm³/mol. The van der Waals surface area contributed by atoms with Gasteiger partial charge in [-0.3, -0.25) is 14.9 Å². The van der Waals surface area contributed by atoms with Gasteiger partial charge in [0.05, 0.1) is 0 Å². The molecule has 3 N–H and O–H groups in total. The van der Waals surface area contributed by atoms with E-state index in [1.165, 1.54) is 5.56 Å². The summed E-state index contributed by atoms with van der Waals surface area (Å²) in [4.78, 5) is 25.0. The third kappa shape index (κ3) is 5.50. The molecule has 0 radical (unpaired) electrons. The summed E-state index contributed by atoms with van der Waals surface area (Å²) in [6, 6.07) is 23.7. The van der Waals surface area contributed by atoms with Crippen molar-refractivity contribution in [3.63, 3.8) is 0 Å². The van der Waals surface area contributed by atoms with Gasteiger partial charge in [-0.2, -0.15) is 0 Å². The molecule has 34 heavy (non-hydrogen) atoms. The van der Waals surface area contributed by atoms with Crippen LogP contribution in [0, 0.1) is 0 Å². The van der Waals surface area contributed by atoms with Crippen LogP contribution in [0.1, 0.15) is 47.2 Å². The van der Waals surface area contributed by atoms with Gasteiger partial charge in [0.25, 0.3) is 11.8 Å². The second-order valence-electron chi connectivity index (χ2n) is 8.92. The van der Waals surface area contributed by atoms with Gasteiger partial charge in [0, 0.05) is 22.3 Å². The van der Waals surface area contributed by atoms with E-state index in [2.05, 4.69) is 36.7 Å². The molecule has 7 heteroatoms. The highest BCUT2D eigenvalue weighted by molar-refractivity contribution is 7.80. The van der Waals surface area contributed by atoms with E-state index < -0.39 is 5.91 Å². The highest BCUT2D eigenvalue weighted by Crippen LogP contribution is 2.23. The van der Waals surface area contributed by atoms with E-state index in [0.717, 1.165) is 5.39 Å². The molecule has 0 saturated carbocycles. The lowest BCUT2D eigenvalue weighted by atomic mass is 9.87. The molecular weight excluding hydrogens is 446 g/mol. The quantitative estimate of drug-likeness (QED) is 0.313. The number of benzene rings is 3. The van der Waals surface area contributed by atoms with Crippen LogP contribution in [-0.2, 0) is 5.41 Å². The minimum absolute atomic E-state index is 0.0317. The third-order valence-electron chi connectivity index (χ3n) is 5.29. The summed E-state index contributed by atoms with van der Waals surface area (Å²) in [5.41, 5.74) is 3.74. The van der Waals surface area contributed by atoms with Gasteiger partial charge in [-0.05, 0) is 71.7 Å².